The lowest BCUT2D eigenvalue weighted by atomic mass is 10.0. The van der Waals surface area contributed by atoms with Crippen LogP contribution in [0.5, 0.6) is 0 Å². The van der Waals surface area contributed by atoms with Crippen LogP contribution in [0, 0.1) is 11.8 Å². The van der Waals surface area contributed by atoms with Crippen molar-refractivity contribution in [1.82, 2.24) is 9.80 Å². The van der Waals surface area contributed by atoms with E-state index in [1.807, 2.05) is 16.7 Å². The first-order chi connectivity index (χ1) is 8.08. The molecule has 4 nitrogen and oxygen atoms in total. The normalized spacial score (nSPS) is 31.7. The third-order valence-electron chi connectivity index (χ3n) is 4.10. The van der Waals surface area contributed by atoms with E-state index in [4.69, 9.17) is 0 Å². The topological polar surface area (TPSA) is 43.8 Å². The number of urea groups is 1. The van der Waals surface area contributed by atoms with Crippen molar-refractivity contribution in [2.75, 3.05) is 26.2 Å². The van der Waals surface area contributed by atoms with Gasteiger partial charge in [-0.05, 0) is 32.1 Å². The first-order valence-electron chi connectivity index (χ1n) is 6.80. The van der Waals surface area contributed by atoms with Crippen molar-refractivity contribution >= 4 is 6.03 Å². The average molecular weight is 240 g/mol. The highest BCUT2D eigenvalue weighted by atomic mass is 16.3. The maximum absolute atomic E-state index is 12.3. The summed E-state index contributed by atoms with van der Waals surface area (Å²) in [6.07, 6.45) is 3.00. The highest BCUT2D eigenvalue weighted by molar-refractivity contribution is 5.74. The van der Waals surface area contributed by atoms with Gasteiger partial charge in [-0.15, -0.1) is 0 Å². The van der Waals surface area contributed by atoms with E-state index >= 15 is 0 Å². The van der Waals surface area contributed by atoms with Gasteiger partial charge in [-0.3, -0.25) is 0 Å². The molecular weight excluding hydrogens is 216 g/mol. The van der Waals surface area contributed by atoms with Crippen LogP contribution in [0.4, 0.5) is 4.79 Å². The Balaban J connectivity index is 1.88. The van der Waals surface area contributed by atoms with Crippen LogP contribution in [0.1, 0.15) is 33.1 Å². The minimum absolute atomic E-state index is 0.180. The van der Waals surface area contributed by atoms with Crippen molar-refractivity contribution in [2.45, 2.75) is 39.2 Å². The molecule has 17 heavy (non-hydrogen) atoms. The zero-order valence-electron chi connectivity index (χ0n) is 10.9. The zero-order valence-corrected chi connectivity index (χ0v) is 10.9. The molecule has 2 saturated heterocycles. The Bertz CT molecular complexity index is 281. The van der Waals surface area contributed by atoms with Crippen molar-refractivity contribution in [1.29, 1.82) is 0 Å². The van der Waals surface area contributed by atoms with Crippen LogP contribution in [0.2, 0.25) is 0 Å². The van der Waals surface area contributed by atoms with Gasteiger partial charge in [-0.25, -0.2) is 4.79 Å². The molecule has 0 saturated carbocycles. The number of aliphatic hydroxyl groups is 1. The number of aliphatic hydroxyl groups excluding tert-OH is 1. The quantitative estimate of drug-likeness (QED) is 0.755. The van der Waals surface area contributed by atoms with Crippen LogP contribution in [0.3, 0.4) is 0 Å². The second-order valence-electron chi connectivity index (χ2n) is 5.71. The second kappa shape index (κ2) is 5.25. The predicted octanol–water partition coefficient (Wildman–Crippen LogP) is 1.54. The number of nitrogens with zero attached hydrogens (tertiary/aromatic N) is 2. The van der Waals surface area contributed by atoms with E-state index in [1.54, 1.807) is 0 Å². The maximum Gasteiger partial charge on any atom is 0.320 e. The summed E-state index contributed by atoms with van der Waals surface area (Å²) in [4.78, 5) is 16.2. The molecule has 1 N–H and O–H groups in total. The summed E-state index contributed by atoms with van der Waals surface area (Å²) in [5.41, 5.74) is 0. The molecule has 0 aliphatic carbocycles. The number of amides is 2. The lowest BCUT2D eigenvalue weighted by Gasteiger charge is -2.34. The van der Waals surface area contributed by atoms with Crippen LogP contribution in [0.15, 0.2) is 0 Å². The molecule has 4 heteroatoms. The Kier molecular flexibility index (Phi) is 3.92. The first-order valence-corrected chi connectivity index (χ1v) is 6.80. The molecule has 2 amide bonds. The van der Waals surface area contributed by atoms with E-state index in [0.29, 0.717) is 5.92 Å². The number of hydrogen-bond donors (Lipinski definition) is 1. The van der Waals surface area contributed by atoms with Gasteiger partial charge >= 0.3 is 6.03 Å². The van der Waals surface area contributed by atoms with Crippen molar-refractivity contribution < 1.29 is 9.90 Å². The monoisotopic (exact) mass is 240 g/mol. The molecule has 2 rings (SSSR count). The van der Waals surface area contributed by atoms with E-state index in [-0.39, 0.29) is 18.1 Å². The summed E-state index contributed by atoms with van der Waals surface area (Å²) >= 11 is 0. The van der Waals surface area contributed by atoms with Crippen molar-refractivity contribution in [2.24, 2.45) is 11.8 Å². The molecule has 0 bridgehead atoms. The molecule has 0 aromatic heterocycles. The van der Waals surface area contributed by atoms with Crippen LogP contribution >= 0.6 is 0 Å². The highest BCUT2D eigenvalue weighted by Gasteiger charge is 2.32. The Morgan fingerprint density at radius 1 is 1.24 bits per heavy atom. The first kappa shape index (κ1) is 12.7. The van der Waals surface area contributed by atoms with Gasteiger partial charge in [0.2, 0.25) is 0 Å². The fraction of sp³-hybridized carbons (Fsp3) is 0.923. The van der Waals surface area contributed by atoms with Gasteiger partial charge in [-0.1, -0.05) is 6.92 Å². The molecule has 0 aromatic rings. The average Bonchev–Trinajstić information content (AvgIpc) is 2.77. The molecule has 2 aliphatic rings. The lowest BCUT2D eigenvalue weighted by molar-refractivity contribution is 0.118. The summed E-state index contributed by atoms with van der Waals surface area (Å²) in [5.74, 6) is 0.893. The van der Waals surface area contributed by atoms with E-state index in [0.717, 1.165) is 39.0 Å². The Hall–Kier alpha value is -0.770. The number of hydrogen-bond acceptors (Lipinski definition) is 2. The van der Waals surface area contributed by atoms with Crippen molar-refractivity contribution in [3.63, 3.8) is 0 Å². The van der Waals surface area contributed by atoms with E-state index in [2.05, 4.69) is 6.92 Å². The maximum atomic E-state index is 12.3. The molecule has 2 aliphatic heterocycles. The van der Waals surface area contributed by atoms with Gasteiger partial charge in [0.05, 0.1) is 6.10 Å². The summed E-state index contributed by atoms with van der Waals surface area (Å²) in [5, 5.41) is 9.55. The van der Waals surface area contributed by atoms with Gasteiger partial charge in [0, 0.05) is 32.1 Å². The van der Waals surface area contributed by atoms with Crippen LogP contribution in [-0.2, 0) is 0 Å². The summed E-state index contributed by atoms with van der Waals surface area (Å²) in [6, 6.07) is 0.180. The summed E-state index contributed by atoms with van der Waals surface area (Å²) < 4.78 is 0. The van der Waals surface area contributed by atoms with Crippen molar-refractivity contribution in [3.05, 3.63) is 0 Å². The SMILES string of the molecule is CC1CCCN(C(=O)N2CCC(C(C)O)C2)C1. The molecule has 2 fully saturated rings. The standard InChI is InChI=1S/C13H24N2O2/c1-10-4-3-6-14(8-10)13(17)15-7-5-12(9-15)11(2)16/h10-12,16H,3-9H2,1-2H3. The van der Waals surface area contributed by atoms with Crippen LogP contribution in [-0.4, -0.2) is 53.2 Å². The van der Waals surface area contributed by atoms with Gasteiger partial charge in [0.15, 0.2) is 0 Å². The van der Waals surface area contributed by atoms with Crippen LogP contribution < -0.4 is 0 Å². The van der Waals surface area contributed by atoms with Gasteiger partial charge in [0.1, 0.15) is 0 Å². The molecule has 0 spiro atoms. The predicted molar refractivity (Wildman–Crippen MR) is 66.7 cm³/mol. The Morgan fingerprint density at radius 3 is 2.53 bits per heavy atom. The van der Waals surface area contributed by atoms with E-state index < -0.39 is 0 Å². The molecule has 98 valence electrons. The molecule has 3 atom stereocenters. The smallest absolute Gasteiger partial charge is 0.320 e. The molecule has 3 unspecified atom stereocenters. The third-order valence-corrected chi connectivity index (χ3v) is 4.10. The lowest BCUT2D eigenvalue weighted by Crippen LogP contribution is -2.46. The number of piperidine rings is 1. The van der Waals surface area contributed by atoms with Crippen LogP contribution in [0.25, 0.3) is 0 Å². The third kappa shape index (κ3) is 2.92. The molecule has 2 heterocycles. The van der Waals surface area contributed by atoms with E-state index in [9.17, 15) is 9.90 Å². The molecule has 0 aromatic carbocycles. The second-order valence-corrected chi connectivity index (χ2v) is 5.71. The van der Waals surface area contributed by atoms with Gasteiger partial charge < -0.3 is 14.9 Å². The number of likely N-dealkylation sites (tertiary alicyclic amines) is 2. The van der Waals surface area contributed by atoms with Crippen molar-refractivity contribution in [3.8, 4) is 0 Å². The fourth-order valence-electron chi connectivity index (χ4n) is 2.92. The summed E-state index contributed by atoms with van der Waals surface area (Å²) in [7, 11) is 0. The minimum atomic E-state index is -0.298. The molecule has 0 radical (unpaired) electrons. The highest BCUT2D eigenvalue weighted by Crippen LogP contribution is 2.23. The summed E-state index contributed by atoms with van der Waals surface area (Å²) in [6.45, 7) is 7.36. The zero-order chi connectivity index (χ0) is 12.4. The van der Waals surface area contributed by atoms with E-state index in [1.165, 1.54) is 6.42 Å². The Morgan fingerprint density at radius 2 is 1.94 bits per heavy atom. The van der Waals surface area contributed by atoms with Gasteiger partial charge in [-0.2, -0.15) is 0 Å². The number of carbonyl (C=O) groups is 1. The Labute approximate surface area is 104 Å². The number of rotatable bonds is 1. The minimum Gasteiger partial charge on any atom is -0.393 e. The fourth-order valence-corrected chi connectivity index (χ4v) is 2.92. The molecular formula is C13H24N2O2. The number of carbonyl (C=O) groups excluding carboxylic acids is 1. The van der Waals surface area contributed by atoms with Gasteiger partial charge in [0.25, 0.3) is 0 Å². The largest absolute Gasteiger partial charge is 0.393 e.